The lowest BCUT2D eigenvalue weighted by Gasteiger charge is -2.07. The first kappa shape index (κ1) is 18.4. The van der Waals surface area contributed by atoms with Gasteiger partial charge >= 0.3 is 0 Å². The molecular formula is C16H20N4O2S2. The fourth-order valence-electron chi connectivity index (χ4n) is 1.86. The van der Waals surface area contributed by atoms with Crippen molar-refractivity contribution in [1.82, 2.24) is 15.5 Å². The SMILES string of the molecule is CCC(=O)Nc1cccc(C(=O)NCCCSc2nnc(C)s2)c1. The van der Waals surface area contributed by atoms with Crippen molar-refractivity contribution in [2.45, 2.75) is 31.0 Å². The van der Waals surface area contributed by atoms with Crippen LogP contribution in [0.3, 0.4) is 0 Å². The van der Waals surface area contributed by atoms with Crippen molar-refractivity contribution in [3.8, 4) is 0 Å². The molecule has 0 unspecified atom stereocenters. The monoisotopic (exact) mass is 364 g/mol. The molecular weight excluding hydrogens is 344 g/mol. The average molecular weight is 364 g/mol. The van der Waals surface area contributed by atoms with E-state index in [0.29, 0.717) is 24.2 Å². The van der Waals surface area contributed by atoms with Crippen molar-refractivity contribution in [3.05, 3.63) is 34.8 Å². The van der Waals surface area contributed by atoms with Gasteiger partial charge in [0.2, 0.25) is 5.91 Å². The molecule has 0 saturated heterocycles. The normalized spacial score (nSPS) is 10.4. The van der Waals surface area contributed by atoms with Crippen molar-refractivity contribution >= 4 is 40.6 Å². The van der Waals surface area contributed by atoms with Crippen LogP contribution in [0.4, 0.5) is 5.69 Å². The van der Waals surface area contributed by atoms with E-state index in [1.807, 2.05) is 6.92 Å². The Bertz CT molecular complexity index is 703. The van der Waals surface area contributed by atoms with Gasteiger partial charge in [-0.25, -0.2) is 0 Å². The highest BCUT2D eigenvalue weighted by Crippen LogP contribution is 2.22. The third kappa shape index (κ3) is 5.93. The number of hydrogen-bond donors (Lipinski definition) is 2. The average Bonchev–Trinajstić information content (AvgIpc) is 2.99. The van der Waals surface area contributed by atoms with Crippen LogP contribution in [-0.4, -0.2) is 34.3 Å². The Morgan fingerprint density at radius 1 is 1.29 bits per heavy atom. The number of amides is 2. The molecule has 1 aromatic carbocycles. The third-order valence-corrected chi connectivity index (χ3v) is 5.13. The van der Waals surface area contributed by atoms with Crippen LogP contribution in [0.15, 0.2) is 28.6 Å². The van der Waals surface area contributed by atoms with Gasteiger partial charge in [-0.3, -0.25) is 9.59 Å². The Morgan fingerprint density at radius 3 is 2.83 bits per heavy atom. The Kier molecular flexibility index (Phi) is 7.20. The summed E-state index contributed by atoms with van der Waals surface area (Å²) in [5.74, 6) is 0.664. The Morgan fingerprint density at radius 2 is 2.12 bits per heavy atom. The second-order valence-electron chi connectivity index (χ2n) is 5.03. The van der Waals surface area contributed by atoms with Crippen LogP contribution in [0, 0.1) is 6.92 Å². The summed E-state index contributed by atoms with van der Waals surface area (Å²) in [5.41, 5.74) is 1.17. The molecule has 6 nitrogen and oxygen atoms in total. The van der Waals surface area contributed by atoms with E-state index in [2.05, 4.69) is 20.8 Å². The first-order valence-electron chi connectivity index (χ1n) is 7.69. The van der Waals surface area contributed by atoms with Gasteiger partial charge in [0.15, 0.2) is 4.34 Å². The highest BCUT2D eigenvalue weighted by molar-refractivity contribution is 8.01. The van der Waals surface area contributed by atoms with E-state index in [0.717, 1.165) is 21.5 Å². The van der Waals surface area contributed by atoms with Crippen LogP contribution in [0.25, 0.3) is 0 Å². The summed E-state index contributed by atoms with van der Waals surface area (Å²) in [6.45, 7) is 4.31. The number of nitrogens with one attached hydrogen (secondary N) is 2. The quantitative estimate of drug-likeness (QED) is 0.555. The number of benzene rings is 1. The second-order valence-corrected chi connectivity index (χ2v) is 7.55. The molecule has 0 radical (unpaired) electrons. The minimum absolute atomic E-state index is 0.0727. The number of thioether (sulfide) groups is 1. The van der Waals surface area contributed by atoms with E-state index in [1.165, 1.54) is 0 Å². The highest BCUT2D eigenvalue weighted by Gasteiger charge is 2.07. The van der Waals surface area contributed by atoms with Gasteiger partial charge in [0, 0.05) is 30.0 Å². The molecule has 1 aromatic heterocycles. The molecule has 0 fully saturated rings. The number of carbonyl (C=O) groups is 2. The van der Waals surface area contributed by atoms with Gasteiger partial charge in [-0.2, -0.15) is 0 Å². The van der Waals surface area contributed by atoms with Crippen molar-refractivity contribution < 1.29 is 9.59 Å². The number of aryl methyl sites for hydroxylation is 1. The summed E-state index contributed by atoms with van der Waals surface area (Å²) >= 11 is 3.22. The second kappa shape index (κ2) is 9.39. The molecule has 0 bridgehead atoms. The van der Waals surface area contributed by atoms with Gasteiger partial charge in [0.25, 0.3) is 5.91 Å². The molecule has 0 aliphatic rings. The molecule has 128 valence electrons. The molecule has 0 aliphatic carbocycles. The molecule has 8 heteroatoms. The topological polar surface area (TPSA) is 84.0 Å². The van der Waals surface area contributed by atoms with Gasteiger partial charge in [0.05, 0.1) is 0 Å². The standard InChI is InChI=1S/C16H20N4O2S2/c1-3-14(21)18-13-7-4-6-12(10-13)15(22)17-8-5-9-23-16-20-19-11(2)24-16/h4,6-7,10H,3,5,8-9H2,1-2H3,(H,17,22)(H,18,21). The molecule has 24 heavy (non-hydrogen) atoms. The molecule has 2 rings (SSSR count). The summed E-state index contributed by atoms with van der Waals surface area (Å²) < 4.78 is 0.957. The molecule has 1 heterocycles. The van der Waals surface area contributed by atoms with Crippen LogP contribution >= 0.6 is 23.1 Å². The number of anilines is 1. The molecule has 0 saturated carbocycles. The Balaban J connectivity index is 1.73. The van der Waals surface area contributed by atoms with E-state index in [9.17, 15) is 9.59 Å². The Hall–Kier alpha value is -1.93. The minimum Gasteiger partial charge on any atom is -0.352 e. The fourth-order valence-corrected chi connectivity index (χ4v) is 3.69. The molecule has 2 amide bonds. The maximum atomic E-state index is 12.1. The predicted molar refractivity (Wildman–Crippen MR) is 97.7 cm³/mol. The number of hydrogen-bond acceptors (Lipinski definition) is 6. The first-order chi connectivity index (χ1) is 11.6. The fraction of sp³-hybridized carbons (Fsp3) is 0.375. The van der Waals surface area contributed by atoms with Crippen LogP contribution in [0.1, 0.15) is 35.1 Å². The van der Waals surface area contributed by atoms with Gasteiger partial charge in [-0.15, -0.1) is 10.2 Å². The lowest BCUT2D eigenvalue weighted by atomic mass is 10.2. The summed E-state index contributed by atoms with van der Waals surface area (Å²) in [7, 11) is 0. The summed E-state index contributed by atoms with van der Waals surface area (Å²) in [5, 5.41) is 14.6. The maximum absolute atomic E-state index is 12.1. The summed E-state index contributed by atoms with van der Waals surface area (Å²) in [6.07, 6.45) is 1.25. The largest absolute Gasteiger partial charge is 0.352 e. The lowest BCUT2D eigenvalue weighted by Crippen LogP contribution is -2.25. The van der Waals surface area contributed by atoms with Crippen molar-refractivity contribution in [3.63, 3.8) is 0 Å². The van der Waals surface area contributed by atoms with Crippen LogP contribution in [0.2, 0.25) is 0 Å². The first-order valence-corrected chi connectivity index (χ1v) is 9.49. The predicted octanol–water partition coefficient (Wildman–Crippen LogP) is 3.11. The third-order valence-electron chi connectivity index (χ3n) is 3.07. The molecule has 0 atom stereocenters. The van der Waals surface area contributed by atoms with Crippen molar-refractivity contribution in [2.24, 2.45) is 0 Å². The Labute approximate surface area is 149 Å². The van der Waals surface area contributed by atoms with Gasteiger partial charge in [-0.05, 0) is 31.5 Å². The van der Waals surface area contributed by atoms with E-state index in [1.54, 1.807) is 54.3 Å². The zero-order valence-electron chi connectivity index (χ0n) is 13.7. The highest BCUT2D eigenvalue weighted by atomic mass is 32.2. The molecule has 0 spiro atoms. The van der Waals surface area contributed by atoms with E-state index in [4.69, 9.17) is 0 Å². The van der Waals surface area contributed by atoms with Crippen LogP contribution in [-0.2, 0) is 4.79 Å². The van der Waals surface area contributed by atoms with Crippen molar-refractivity contribution in [1.29, 1.82) is 0 Å². The summed E-state index contributed by atoms with van der Waals surface area (Å²) in [6, 6.07) is 6.94. The minimum atomic E-state index is -0.139. The van der Waals surface area contributed by atoms with E-state index in [-0.39, 0.29) is 11.8 Å². The van der Waals surface area contributed by atoms with Crippen LogP contribution < -0.4 is 10.6 Å². The zero-order valence-corrected chi connectivity index (χ0v) is 15.3. The molecule has 0 aliphatic heterocycles. The lowest BCUT2D eigenvalue weighted by molar-refractivity contribution is -0.115. The number of rotatable bonds is 8. The number of aromatic nitrogens is 2. The number of nitrogens with zero attached hydrogens (tertiary/aromatic N) is 2. The van der Waals surface area contributed by atoms with E-state index < -0.39 is 0 Å². The maximum Gasteiger partial charge on any atom is 0.251 e. The van der Waals surface area contributed by atoms with Crippen LogP contribution in [0.5, 0.6) is 0 Å². The number of carbonyl (C=O) groups excluding carboxylic acids is 2. The van der Waals surface area contributed by atoms with Gasteiger partial charge in [0.1, 0.15) is 5.01 Å². The molecule has 2 aromatic rings. The van der Waals surface area contributed by atoms with Crippen molar-refractivity contribution in [2.75, 3.05) is 17.6 Å². The van der Waals surface area contributed by atoms with E-state index >= 15 is 0 Å². The summed E-state index contributed by atoms with van der Waals surface area (Å²) in [4.78, 5) is 23.5. The zero-order chi connectivity index (χ0) is 17.4. The smallest absolute Gasteiger partial charge is 0.251 e. The van der Waals surface area contributed by atoms with Gasteiger partial charge in [-0.1, -0.05) is 36.1 Å². The molecule has 2 N–H and O–H groups in total. The van der Waals surface area contributed by atoms with Gasteiger partial charge < -0.3 is 10.6 Å².